The quantitative estimate of drug-likeness (QED) is 0.334. The standard InChI is InChI=1S/C22H22F2N6O3/c1-4-20(26-25-18-8-9-32-21-15(18)10-14(23)11-17(21)24)33-12-16-13(2)6-5-7-19(16)30-22(31)29(3)27-28-30/h5-7,10-11H,4,8-9,12H2,1-3H3. The normalized spacial score (nSPS) is 14.8. The molecule has 9 nitrogen and oxygen atoms in total. The number of rotatable bonds is 5. The molecule has 0 saturated heterocycles. The highest BCUT2D eigenvalue weighted by Gasteiger charge is 2.22. The lowest BCUT2D eigenvalue weighted by molar-refractivity contribution is 0.282. The molecule has 0 bridgehead atoms. The largest absolute Gasteiger partial charge is 0.489 e. The van der Waals surface area contributed by atoms with Gasteiger partial charge in [-0.15, -0.1) is 5.10 Å². The highest BCUT2D eigenvalue weighted by atomic mass is 19.1. The number of ether oxygens (including phenoxy) is 2. The molecule has 1 aliphatic heterocycles. The van der Waals surface area contributed by atoms with Gasteiger partial charge in [0.25, 0.3) is 0 Å². The first-order valence-corrected chi connectivity index (χ1v) is 10.3. The van der Waals surface area contributed by atoms with E-state index >= 15 is 0 Å². The minimum atomic E-state index is -0.778. The Hall–Kier alpha value is -3.89. The third-order valence-electron chi connectivity index (χ3n) is 5.21. The fourth-order valence-electron chi connectivity index (χ4n) is 3.42. The van der Waals surface area contributed by atoms with Crippen LogP contribution in [0.4, 0.5) is 8.78 Å². The van der Waals surface area contributed by atoms with E-state index in [4.69, 9.17) is 9.47 Å². The predicted molar refractivity (Wildman–Crippen MR) is 117 cm³/mol. The summed E-state index contributed by atoms with van der Waals surface area (Å²) in [6.45, 7) is 4.08. The van der Waals surface area contributed by atoms with Crippen molar-refractivity contribution in [3.8, 4) is 11.4 Å². The summed E-state index contributed by atoms with van der Waals surface area (Å²) in [5.74, 6) is -1.20. The lowest BCUT2D eigenvalue weighted by atomic mass is 10.0. The van der Waals surface area contributed by atoms with E-state index in [9.17, 15) is 13.6 Å². The number of nitrogens with zero attached hydrogens (tertiary/aromatic N) is 6. The SMILES string of the molecule is CCC(=NN=C1CCOc2c(F)cc(F)cc21)OCc1c(C)cccc1-n1nnn(C)c1=O. The number of tetrazole rings is 1. The van der Waals surface area contributed by atoms with E-state index in [-0.39, 0.29) is 30.2 Å². The van der Waals surface area contributed by atoms with Crippen LogP contribution in [0.3, 0.4) is 0 Å². The molecule has 172 valence electrons. The fraction of sp³-hybridized carbons (Fsp3) is 0.318. The van der Waals surface area contributed by atoms with Crippen LogP contribution >= 0.6 is 0 Å². The topological polar surface area (TPSA) is 95.9 Å². The van der Waals surface area contributed by atoms with Gasteiger partial charge < -0.3 is 9.47 Å². The molecule has 0 saturated carbocycles. The number of hydrogen-bond acceptors (Lipinski definition) is 7. The molecule has 0 amide bonds. The summed E-state index contributed by atoms with van der Waals surface area (Å²) >= 11 is 0. The van der Waals surface area contributed by atoms with Gasteiger partial charge in [-0.3, -0.25) is 0 Å². The third kappa shape index (κ3) is 4.52. The molecule has 0 unspecified atom stereocenters. The van der Waals surface area contributed by atoms with Gasteiger partial charge in [0.2, 0.25) is 5.90 Å². The van der Waals surface area contributed by atoms with Crippen LogP contribution in [0, 0.1) is 18.6 Å². The molecule has 2 aromatic carbocycles. The summed E-state index contributed by atoms with van der Waals surface area (Å²) in [4.78, 5) is 12.3. The van der Waals surface area contributed by atoms with E-state index in [0.717, 1.165) is 21.9 Å². The number of hydrogen-bond donors (Lipinski definition) is 0. The minimum absolute atomic E-state index is 0.0328. The first-order valence-electron chi connectivity index (χ1n) is 10.3. The molecular formula is C22H22F2N6O3. The van der Waals surface area contributed by atoms with Gasteiger partial charge in [0.05, 0.1) is 18.0 Å². The second kappa shape index (κ2) is 9.31. The van der Waals surface area contributed by atoms with E-state index in [0.29, 0.717) is 30.1 Å². The molecule has 0 radical (unpaired) electrons. The summed E-state index contributed by atoms with van der Waals surface area (Å²) in [5.41, 5.74) is 2.47. The number of fused-ring (bicyclic) bond motifs is 1. The average molecular weight is 456 g/mol. The molecule has 0 spiro atoms. The number of halogens is 2. The van der Waals surface area contributed by atoms with E-state index in [1.54, 1.807) is 6.07 Å². The summed E-state index contributed by atoms with van der Waals surface area (Å²) in [5, 5.41) is 16.0. The van der Waals surface area contributed by atoms with Gasteiger partial charge >= 0.3 is 5.69 Å². The van der Waals surface area contributed by atoms with E-state index in [1.165, 1.54) is 17.8 Å². The molecule has 0 aliphatic carbocycles. The molecule has 1 aromatic heterocycles. The Morgan fingerprint density at radius 2 is 2.09 bits per heavy atom. The van der Waals surface area contributed by atoms with E-state index < -0.39 is 11.6 Å². The van der Waals surface area contributed by atoms with Crippen molar-refractivity contribution in [2.75, 3.05) is 6.61 Å². The highest BCUT2D eigenvalue weighted by Crippen LogP contribution is 2.29. The maximum atomic E-state index is 14.0. The summed E-state index contributed by atoms with van der Waals surface area (Å²) < 4.78 is 41.3. The van der Waals surface area contributed by atoms with Crippen molar-refractivity contribution in [1.29, 1.82) is 0 Å². The number of benzene rings is 2. The zero-order valence-corrected chi connectivity index (χ0v) is 18.4. The van der Waals surface area contributed by atoms with Crippen molar-refractivity contribution in [3.63, 3.8) is 0 Å². The van der Waals surface area contributed by atoms with Crippen molar-refractivity contribution in [2.45, 2.75) is 33.3 Å². The molecule has 0 fully saturated rings. The smallest absolute Gasteiger partial charge is 0.368 e. The summed E-state index contributed by atoms with van der Waals surface area (Å²) in [6, 6.07) is 7.42. The van der Waals surface area contributed by atoms with Gasteiger partial charge in [-0.25, -0.2) is 13.6 Å². The Bertz CT molecular complexity index is 1310. The molecule has 0 N–H and O–H groups in total. The first-order chi connectivity index (χ1) is 15.9. The maximum absolute atomic E-state index is 14.0. The Balaban J connectivity index is 1.60. The Morgan fingerprint density at radius 3 is 2.82 bits per heavy atom. The van der Waals surface area contributed by atoms with Crippen LogP contribution in [-0.2, 0) is 18.4 Å². The van der Waals surface area contributed by atoms with Crippen molar-refractivity contribution in [2.24, 2.45) is 17.3 Å². The van der Waals surface area contributed by atoms with Gasteiger partial charge in [-0.2, -0.15) is 14.5 Å². The molecule has 2 heterocycles. The van der Waals surface area contributed by atoms with Crippen molar-refractivity contribution < 1.29 is 18.3 Å². The Labute approximate surface area is 187 Å². The van der Waals surface area contributed by atoms with Crippen LogP contribution in [-0.4, -0.2) is 38.0 Å². The van der Waals surface area contributed by atoms with Gasteiger partial charge in [0.1, 0.15) is 12.4 Å². The lowest BCUT2D eigenvalue weighted by Crippen LogP contribution is -2.23. The van der Waals surface area contributed by atoms with Gasteiger partial charge in [-0.1, -0.05) is 19.1 Å². The Morgan fingerprint density at radius 1 is 1.27 bits per heavy atom. The third-order valence-corrected chi connectivity index (χ3v) is 5.21. The second-order valence-corrected chi connectivity index (χ2v) is 7.41. The summed E-state index contributed by atoms with van der Waals surface area (Å²) in [7, 11) is 1.52. The molecule has 11 heteroatoms. The summed E-state index contributed by atoms with van der Waals surface area (Å²) in [6.07, 6.45) is 0.790. The van der Waals surface area contributed by atoms with E-state index in [1.807, 2.05) is 26.0 Å². The lowest BCUT2D eigenvalue weighted by Gasteiger charge is -2.19. The van der Waals surface area contributed by atoms with Crippen LogP contribution in [0.25, 0.3) is 5.69 Å². The van der Waals surface area contributed by atoms with Crippen LogP contribution in [0.15, 0.2) is 45.3 Å². The van der Waals surface area contributed by atoms with Crippen molar-refractivity contribution in [1.82, 2.24) is 19.8 Å². The van der Waals surface area contributed by atoms with Gasteiger partial charge in [-0.05, 0) is 35.0 Å². The molecule has 4 rings (SSSR count). The van der Waals surface area contributed by atoms with Crippen LogP contribution in [0.1, 0.15) is 36.5 Å². The van der Waals surface area contributed by atoms with Crippen LogP contribution in [0.2, 0.25) is 0 Å². The highest BCUT2D eigenvalue weighted by molar-refractivity contribution is 6.04. The average Bonchev–Trinajstić information content (AvgIpc) is 3.13. The van der Waals surface area contributed by atoms with Gasteiger partial charge in [0, 0.05) is 37.1 Å². The first kappa shape index (κ1) is 22.3. The molecular weight excluding hydrogens is 434 g/mol. The monoisotopic (exact) mass is 456 g/mol. The molecule has 1 aliphatic rings. The minimum Gasteiger partial charge on any atom is -0.489 e. The molecule has 0 atom stereocenters. The van der Waals surface area contributed by atoms with Crippen molar-refractivity contribution in [3.05, 3.63) is 69.1 Å². The van der Waals surface area contributed by atoms with Crippen molar-refractivity contribution >= 4 is 11.6 Å². The van der Waals surface area contributed by atoms with E-state index in [2.05, 4.69) is 20.6 Å². The maximum Gasteiger partial charge on any atom is 0.368 e. The number of aromatic nitrogens is 4. The van der Waals surface area contributed by atoms with Gasteiger partial charge in [0.15, 0.2) is 11.6 Å². The fourth-order valence-corrected chi connectivity index (χ4v) is 3.42. The Kier molecular flexibility index (Phi) is 6.29. The zero-order valence-electron chi connectivity index (χ0n) is 18.4. The molecule has 33 heavy (non-hydrogen) atoms. The second-order valence-electron chi connectivity index (χ2n) is 7.41. The van der Waals surface area contributed by atoms with Crippen LogP contribution in [0.5, 0.6) is 5.75 Å². The predicted octanol–water partition coefficient (Wildman–Crippen LogP) is 3.06. The molecule has 3 aromatic rings. The zero-order chi connectivity index (χ0) is 23.5. The number of aryl methyl sites for hydroxylation is 2. The van der Waals surface area contributed by atoms with Crippen LogP contribution < -0.4 is 10.4 Å².